The summed E-state index contributed by atoms with van der Waals surface area (Å²) in [5.41, 5.74) is 4.64. The molecule has 0 heterocycles. The standard InChI is InChI=1S/C16H17N3OS2/c1-20-14-5-3-4-13(10-14)18-16(21)19-17-11-12-6-8-15(22-2)9-7-12/h3-11H,1-2H3,(H2,18,19,21)/b17-11-. The van der Waals surface area contributed by atoms with Crippen molar-refractivity contribution in [1.82, 2.24) is 5.43 Å². The van der Waals surface area contributed by atoms with E-state index in [0.717, 1.165) is 17.0 Å². The fourth-order valence-electron chi connectivity index (χ4n) is 1.72. The number of hydrogen-bond acceptors (Lipinski definition) is 4. The van der Waals surface area contributed by atoms with E-state index in [4.69, 9.17) is 17.0 Å². The van der Waals surface area contributed by atoms with E-state index in [1.54, 1.807) is 25.1 Å². The SMILES string of the molecule is COc1cccc(NC(=S)N/N=C\c2ccc(SC)cc2)c1. The van der Waals surface area contributed by atoms with Gasteiger partial charge in [-0.05, 0) is 48.3 Å². The van der Waals surface area contributed by atoms with Gasteiger partial charge in [0.05, 0.1) is 13.3 Å². The number of anilines is 1. The van der Waals surface area contributed by atoms with E-state index in [-0.39, 0.29) is 0 Å². The second kappa shape index (κ2) is 8.41. The first-order chi connectivity index (χ1) is 10.7. The highest BCUT2D eigenvalue weighted by molar-refractivity contribution is 7.98. The van der Waals surface area contributed by atoms with Crippen LogP contribution >= 0.6 is 24.0 Å². The number of benzene rings is 2. The Hall–Kier alpha value is -2.05. The third-order valence-electron chi connectivity index (χ3n) is 2.82. The Morgan fingerprint density at radius 1 is 1.23 bits per heavy atom. The molecule has 0 spiro atoms. The monoisotopic (exact) mass is 331 g/mol. The highest BCUT2D eigenvalue weighted by Gasteiger charge is 1.98. The quantitative estimate of drug-likeness (QED) is 0.378. The first-order valence-electron chi connectivity index (χ1n) is 6.59. The van der Waals surface area contributed by atoms with Crippen LogP contribution in [0.5, 0.6) is 5.75 Å². The molecule has 0 aromatic heterocycles. The molecule has 2 aromatic carbocycles. The highest BCUT2D eigenvalue weighted by Crippen LogP contribution is 2.16. The Bertz CT molecular complexity index is 657. The average molecular weight is 331 g/mol. The van der Waals surface area contributed by atoms with Crippen molar-refractivity contribution in [3.8, 4) is 5.75 Å². The van der Waals surface area contributed by atoms with Gasteiger partial charge in [-0.15, -0.1) is 11.8 Å². The summed E-state index contributed by atoms with van der Waals surface area (Å²) in [6.07, 6.45) is 3.77. The van der Waals surface area contributed by atoms with Crippen LogP contribution in [0.1, 0.15) is 5.56 Å². The molecule has 4 nitrogen and oxygen atoms in total. The van der Waals surface area contributed by atoms with Crippen molar-refractivity contribution in [2.24, 2.45) is 5.10 Å². The van der Waals surface area contributed by atoms with Crippen molar-refractivity contribution < 1.29 is 4.74 Å². The van der Waals surface area contributed by atoms with Crippen LogP contribution in [0.4, 0.5) is 5.69 Å². The first kappa shape index (κ1) is 16.3. The van der Waals surface area contributed by atoms with Crippen LogP contribution in [0.25, 0.3) is 0 Å². The summed E-state index contributed by atoms with van der Waals surface area (Å²) < 4.78 is 5.16. The molecule has 2 N–H and O–H groups in total. The van der Waals surface area contributed by atoms with Gasteiger partial charge < -0.3 is 10.1 Å². The Balaban J connectivity index is 1.87. The summed E-state index contributed by atoms with van der Waals surface area (Å²) in [5, 5.41) is 7.58. The van der Waals surface area contributed by atoms with Gasteiger partial charge >= 0.3 is 0 Å². The number of rotatable bonds is 5. The van der Waals surface area contributed by atoms with Gasteiger partial charge in [-0.1, -0.05) is 18.2 Å². The summed E-state index contributed by atoms with van der Waals surface area (Å²) in [6.45, 7) is 0. The Kier molecular flexibility index (Phi) is 6.24. The van der Waals surface area contributed by atoms with E-state index in [0.29, 0.717) is 5.11 Å². The maximum atomic E-state index is 5.19. The van der Waals surface area contributed by atoms with Gasteiger partial charge in [0.2, 0.25) is 0 Å². The van der Waals surface area contributed by atoms with Crippen LogP contribution in [-0.2, 0) is 0 Å². The second-order valence-electron chi connectivity index (χ2n) is 4.33. The van der Waals surface area contributed by atoms with Crippen LogP contribution in [0.2, 0.25) is 0 Å². The van der Waals surface area contributed by atoms with E-state index in [1.807, 2.05) is 42.7 Å². The fraction of sp³-hybridized carbons (Fsp3) is 0.125. The lowest BCUT2D eigenvalue weighted by molar-refractivity contribution is 0.415. The van der Waals surface area contributed by atoms with Gasteiger partial charge in [0, 0.05) is 16.6 Å². The van der Waals surface area contributed by atoms with E-state index in [9.17, 15) is 0 Å². The fourth-order valence-corrected chi connectivity index (χ4v) is 2.29. The lowest BCUT2D eigenvalue weighted by atomic mass is 10.2. The van der Waals surface area contributed by atoms with E-state index in [2.05, 4.69) is 28.0 Å². The number of nitrogens with one attached hydrogen (secondary N) is 2. The molecule has 2 aromatic rings. The van der Waals surface area contributed by atoms with E-state index < -0.39 is 0 Å². The van der Waals surface area contributed by atoms with E-state index >= 15 is 0 Å². The molecule has 0 unspecified atom stereocenters. The zero-order chi connectivity index (χ0) is 15.8. The molecule has 0 bridgehead atoms. The maximum Gasteiger partial charge on any atom is 0.191 e. The van der Waals surface area contributed by atoms with Crippen LogP contribution in [0, 0.1) is 0 Å². The molecule has 0 aliphatic rings. The van der Waals surface area contributed by atoms with Crippen molar-refractivity contribution in [2.75, 3.05) is 18.7 Å². The minimum Gasteiger partial charge on any atom is -0.497 e. The predicted molar refractivity (Wildman–Crippen MR) is 98.2 cm³/mol. The number of methoxy groups -OCH3 is 1. The summed E-state index contributed by atoms with van der Waals surface area (Å²) in [6, 6.07) is 15.7. The van der Waals surface area contributed by atoms with Gasteiger partial charge in [-0.3, -0.25) is 5.43 Å². The van der Waals surface area contributed by atoms with Gasteiger partial charge in [0.25, 0.3) is 0 Å². The largest absolute Gasteiger partial charge is 0.497 e. The first-order valence-corrected chi connectivity index (χ1v) is 8.23. The Morgan fingerprint density at radius 3 is 2.68 bits per heavy atom. The molecule has 0 saturated heterocycles. The zero-order valence-corrected chi connectivity index (χ0v) is 14.0. The van der Waals surface area contributed by atoms with Crippen LogP contribution in [0.15, 0.2) is 58.5 Å². The molecular weight excluding hydrogens is 314 g/mol. The van der Waals surface area contributed by atoms with Gasteiger partial charge in [0.1, 0.15) is 5.75 Å². The van der Waals surface area contributed by atoms with Crippen molar-refractivity contribution in [3.63, 3.8) is 0 Å². The molecule has 0 amide bonds. The van der Waals surface area contributed by atoms with Gasteiger partial charge in [-0.25, -0.2) is 0 Å². The molecule has 6 heteroatoms. The summed E-state index contributed by atoms with van der Waals surface area (Å²) >= 11 is 6.90. The Morgan fingerprint density at radius 2 is 2.00 bits per heavy atom. The number of ether oxygens (including phenoxy) is 1. The molecule has 0 aliphatic heterocycles. The topological polar surface area (TPSA) is 45.6 Å². The molecule has 0 atom stereocenters. The van der Waals surface area contributed by atoms with Crippen molar-refractivity contribution in [1.29, 1.82) is 0 Å². The lowest BCUT2D eigenvalue weighted by Crippen LogP contribution is -2.23. The van der Waals surface area contributed by atoms with Crippen molar-refractivity contribution >= 4 is 41.0 Å². The smallest absolute Gasteiger partial charge is 0.191 e. The molecule has 114 valence electrons. The molecule has 0 aliphatic carbocycles. The third kappa shape index (κ3) is 5.05. The normalized spacial score (nSPS) is 10.5. The van der Waals surface area contributed by atoms with Gasteiger partial charge in [-0.2, -0.15) is 5.10 Å². The second-order valence-corrected chi connectivity index (χ2v) is 5.62. The summed E-state index contributed by atoms with van der Waals surface area (Å²) in [7, 11) is 1.63. The molecule has 2 rings (SSSR count). The molecule has 0 fully saturated rings. The molecule has 22 heavy (non-hydrogen) atoms. The maximum absolute atomic E-state index is 5.19. The zero-order valence-electron chi connectivity index (χ0n) is 12.4. The minimum atomic E-state index is 0.422. The number of hydrogen-bond donors (Lipinski definition) is 2. The van der Waals surface area contributed by atoms with Crippen molar-refractivity contribution in [3.05, 3.63) is 54.1 Å². The van der Waals surface area contributed by atoms with Crippen molar-refractivity contribution in [2.45, 2.75) is 4.90 Å². The lowest BCUT2D eigenvalue weighted by Gasteiger charge is -2.08. The minimum absolute atomic E-state index is 0.422. The highest BCUT2D eigenvalue weighted by atomic mass is 32.2. The van der Waals surface area contributed by atoms with E-state index in [1.165, 1.54) is 4.90 Å². The van der Waals surface area contributed by atoms with Crippen LogP contribution < -0.4 is 15.5 Å². The number of thiocarbonyl (C=S) groups is 1. The van der Waals surface area contributed by atoms with Crippen LogP contribution in [-0.4, -0.2) is 24.7 Å². The Labute approximate surface area is 140 Å². The number of thioether (sulfide) groups is 1. The average Bonchev–Trinajstić information content (AvgIpc) is 2.55. The molecule has 0 saturated carbocycles. The van der Waals surface area contributed by atoms with Crippen LogP contribution in [0.3, 0.4) is 0 Å². The van der Waals surface area contributed by atoms with Gasteiger partial charge in [0.15, 0.2) is 5.11 Å². The number of hydrazone groups is 1. The molecular formula is C16H17N3OS2. The third-order valence-corrected chi connectivity index (χ3v) is 3.76. The molecule has 0 radical (unpaired) electrons. The summed E-state index contributed by atoms with van der Waals surface area (Å²) in [4.78, 5) is 1.22. The summed E-state index contributed by atoms with van der Waals surface area (Å²) in [5.74, 6) is 0.769. The predicted octanol–water partition coefficient (Wildman–Crippen LogP) is 3.74. The number of nitrogens with zero attached hydrogens (tertiary/aromatic N) is 1.